The van der Waals surface area contributed by atoms with Gasteiger partial charge in [-0.15, -0.1) is 0 Å². The molecule has 5 heteroatoms. The molecule has 4 rings (SSSR count). The number of carbonyl (C=O) groups is 1. The van der Waals surface area contributed by atoms with Gasteiger partial charge in [-0.2, -0.15) is 0 Å². The summed E-state index contributed by atoms with van der Waals surface area (Å²) in [6.07, 6.45) is 5.53. The number of rotatable bonds is 5. The van der Waals surface area contributed by atoms with Crippen molar-refractivity contribution in [3.05, 3.63) is 77.0 Å². The SMILES string of the molecule is Cc1ccc(-c2ccc(/C=C/C(=O)Nc3ccccc3N3CCC(C)CC3)o2)cc1Cl. The van der Waals surface area contributed by atoms with E-state index in [0.717, 1.165) is 41.5 Å². The average molecular weight is 435 g/mol. The number of hydrogen-bond donors (Lipinski definition) is 1. The number of nitrogens with zero attached hydrogens (tertiary/aromatic N) is 1. The van der Waals surface area contributed by atoms with E-state index in [9.17, 15) is 4.79 Å². The molecule has 0 aliphatic carbocycles. The first kappa shape index (κ1) is 21.3. The molecule has 31 heavy (non-hydrogen) atoms. The van der Waals surface area contributed by atoms with Crippen LogP contribution in [-0.2, 0) is 4.79 Å². The third kappa shape index (κ3) is 5.20. The van der Waals surface area contributed by atoms with Crippen LogP contribution < -0.4 is 10.2 Å². The first-order valence-electron chi connectivity index (χ1n) is 10.7. The lowest BCUT2D eigenvalue weighted by molar-refractivity contribution is -0.111. The summed E-state index contributed by atoms with van der Waals surface area (Å²) < 4.78 is 5.86. The molecule has 1 N–H and O–H groups in total. The zero-order valence-electron chi connectivity index (χ0n) is 17.9. The number of halogens is 1. The minimum absolute atomic E-state index is 0.186. The van der Waals surface area contributed by atoms with Crippen molar-refractivity contribution in [3.8, 4) is 11.3 Å². The van der Waals surface area contributed by atoms with E-state index >= 15 is 0 Å². The van der Waals surface area contributed by atoms with E-state index in [2.05, 4.69) is 23.2 Å². The summed E-state index contributed by atoms with van der Waals surface area (Å²) in [6.45, 7) is 6.29. The molecule has 1 aliphatic rings. The van der Waals surface area contributed by atoms with Crippen LogP contribution in [0.4, 0.5) is 11.4 Å². The molecular formula is C26H27ClN2O2. The number of anilines is 2. The first-order valence-corrected chi connectivity index (χ1v) is 11.1. The Morgan fingerprint density at radius 1 is 1.13 bits per heavy atom. The minimum atomic E-state index is -0.186. The molecule has 1 fully saturated rings. The summed E-state index contributed by atoms with van der Waals surface area (Å²) in [5.41, 5.74) is 3.84. The largest absolute Gasteiger partial charge is 0.457 e. The maximum atomic E-state index is 12.6. The van der Waals surface area contributed by atoms with Gasteiger partial charge in [0.1, 0.15) is 11.5 Å². The number of hydrogen-bond acceptors (Lipinski definition) is 3. The molecule has 0 bridgehead atoms. The third-order valence-corrected chi connectivity index (χ3v) is 6.18. The van der Waals surface area contributed by atoms with Crippen LogP contribution in [0.5, 0.6) is 0 Å². The fraction of sp³-hybridized carbons (Fsp3) is 0.269. The average Bonchev–Trinajstić information content (AvgIpc) is 3.24. The van der Waals surface area contributed by atoms with Crippen LogP contribution in [0.1, 0.15) is 31.1 Å². The van der Waals surface area contributed by atoms with Crippen LogP contribution >= 0.6 is 11.6 Å². The molecule has 0 saturated carbocycles. The smallest absolute Gasteiger partial charge is 0.248 e. The van der Waals surface area contributed by atoms with Crippen molar-refractivity contribution in [2.24, 2.45) is 5.92 Å². The van der Waals surface area contributed by atoms with Crippen molar-refractivity contribution in [2.75, 3.05) is 23.3 Å². The number of amides is 1. The summed E-state index contributed by atoms with van der Waals surface area (Å²) >= 11 is 6.21. The minimum Gasteiger partial charge on any atom is -0.457 e. The second kappa shape index (κ2) is 9.44. The Bertz CT molecular complexity index is 1090. The molecule has 4 nitrogen and oxygen atoms in total. The Morgan fingerprint density at radius 3 is 2.68 bits per heavy atom. The Kier molecular flexibility index (Phi) is 6.47. The zero-order chi connectivity index (χ0) is 21.8. The topological polar surface area (TPSA) is 45.5 Å². The maximum Gasteiger partial charge on any atom is 0.248 e. The molecule has 1 saturated heterocycles. The summed E-state index contributed by atoms with van der Waals surface area (Å²) in [5.74, 6) is 1.90. The predicted molar refractivity (Wildman–Crippen MR) is 129 cm³/mol. The van der Waals surface area contributed by atoms with Crippen molar-refractivity contribution in [2.45, 2.75) is 26.7 Å². The zero-order valence-corrected chi connectivity index (χ0v) is 18.7. The quantitative estimate of drug-likeness (QED) is 0.449. The fourth-order valence-electron chi connectivity index (χ4n) is 3.78. The van der Waals surface area contributed by atoms with E-state index in [-0.39, 0.29) is 5.91 Å². The van der Waals surface area contributed by atoms with Crippen LogP contribution in [0.3, 0.4) is 0 Å². The molecule has 0 spiro atoms. The van der Waals surface area contributed by atoms with E-state index in [1.807, 2.05) is 55.5 Å². The van der Waals surface area contributed by atoms with Gasteiger partial charge in [0, 0.05) is 29.8 Å². The number of para-hydroxylation sites is 2. The number of aryl methyl sites for hydroxylation is 1. The molecule has 3 aromatic rings. The maximum absolute atomic E-state index is 12.6. The molecule has 0 atom stereocenters. The molecule has 2 aromatic carbocycles. The molecule has 0 unspecified atom stereocenters. The second-order valence-corrected chi connectivity index (χ2v) is 8.58. The van der Waals surface area contributed by atoms with Crippen molar-refractivity contribution in [3.63, 3.8) is 0 Å². The van der Waals surface area contributed by atoms with Crippen LogP contribution in [-0.4, -0.2) is 19.0 Å². The van der Waals surface area contributed by atoms with Crippen molar-refractivity contribution in [1.82, 2.24) is 0 Å². The summed E-state index contributed by atoms with van der Waals surface area (Å²) in [7, 11) is 0. The molecule has 1 amide bonds. The highest BCUT2D eigenvalue weighted by atomic mass is 35.5. The van der Waals surface area contributed by atoms with E-state index < -0.39 is 0 Å². The van der Waals surface area contributed by atoms with Gasteiger partial charge in [0.25, 0.3) is 0 Å². The molecule has 1 aromatic heterocycles. The summed E-state index contributed by atoms with van der Waals surface area (Å²) in [6, 6.07) is 17.5. The van der Waals surface area contributed by atoms with Gasteiger partial charge in [-0.1, -0.05) is 42.8 Å². The van der Waals surface area contributed by atoms with Gasteiger partial charge < -0.3 is 14.6 Å². The van der Waals surface area contributed by atoms with Gasteiger partial charge in [0.2, 0.25) is 5.91 Å². The van der Waals surface area contributed by atoms with E-state index in [1.54, 1.807) is 6.08 Å². The standard InChI is InChI=1S/C26H27ClN2O2/c1-18-13-15-29(16-14-18)24-6-4-3-5-23(24)28-26(30)12-10-21-9-11-25(31-21)20-8-7-19(2)22(27)17-20/h3-12,17-18H,13-16H2,1-2H3,(H,28,30)/b12-10+. The number of furan rings is 1. The van der Waals surface area contributed by atoms with E-state index in [0.29, 0.717) is 16.5 Å². The first-order chi connectivity index (χ1) is 15.0. The lowest BCUT2D eigenvalue weighted by atomic mass is 9.98. The summed E-state index contributed by atoms with van der Waals surface area (Å²) in [5, 5.41) is 3.72. The highest BCUT2D eigenvalue weighted by Gasteiger charge is 2.18. The monoisotopic (exact) mass is 434 g/mol. The van der Waals surface area contributed by atoms with Crippen LogP contribution in [0, 0.1) is 12.8 Å². The Hall–Kier alpha value is -2.98. The van der Waals surface area contributed by atoms with Gasteiger partial charge in [0.05, 0.1) is 11.4 Å². The molecule has 0 radical (unpaired) electrons. The van der Waals surface area contributed by atoms with Gasteiger partial charge in [0.15, 0.2) is 0 Å². The van der Waals surface area contributed by atoms with Gasteiger partial charge >= 0.3 is 0 Å². The Morgan fingerprint density at radius 2 is 1.90 bits per heavy atom. The van der Waals surface area contributed by atoms with Gasteiger partial charge in [-0.3, -0.25) is 4.79 Å². The number of benzene rings is 2. The molecular weight excluding hydrogens is 408 g/mol. The Balaban J connectivity index is 1.43. The van der Waals surface area contributed by atoms with E-state index in [4.69, 9.17) is 16.0 Å². The second-order valence-electron chi connectivity index (χ2n) is 8.18. The van der Waals surface area contributed by atoms with Crippen LogP contribution in [0.2, 0.25) is 5.02 Å². The van der Waals surface area contributed by atoms with Crippen molar-refractivity contribution >= 4 is 35.0 Å². The molecule has 160 valence electrons. The van der Waals surface area contributed by atoms with Gasteiger partial charge in [-0.25, -0.2) is 0 Å². The van der Waals surface area contributed by atoms with Gasteiger partial charge in [-0.05, 0) is 67.7 Å². The fourth-order valence-corrected chi connectivity index (χ4v) is 3.96. The van der Waals surface area contributed by atoms with E-state index in [1.165, 1.54) is 18.9 Å². The normalized spacial score (nSPS) is 14.9. The lowest BCUT2D eigenvalue weighted by Crippen LogP contribution is -2.33. The number of carbonyl (C=O) groups excluding carboxylic acids is 1. The molecule has 2 heterocycles. The predicted octanol–water partition coefficient (Wildman–Crippen LogP) is 6.80. The highest BCUT2D eigenvalue weighted by molar-refractivity contribution is 6.31. The van der Waals surface area contributed by atoms with Crippen molar-refractivity contribution in [1.29, 1.82) is 0 Å². The number of piperidine rings is 1. The number of nitrogens with one attached hydrogen (secondary N) is 1. The molecule has 1 aliphatic heterocycles. The summed E-state index contributed by atoms with van der Waals surface area (Å²) in [4.78, 5) is 14.9. The lowest BCUT2D eigenvalue weighted by Gasteiger charge is -2.33. The van der Waals surface area contributed by atoms with Crippen molar-refractivity contribution < 1.29 is 9.21 Å². The van der Waals surface area contributed by atoms with Crippen LogP contribution in [0.15, 0.2) is 65.1 Å². The Labute approximate surface area is 188 Å². The van der Waals surface area contributed by atoms with Crippen LogP contribution in [0.25, 0.3) is 17.4 Å². The third-order valence-electron chi connectivity index (χ3n) is 5.77. The highest BCUT2D eigenvalue weighted by Crippen LogP contribution is 2.30.